The molecule has 1 amide bonds. The Morgan fingerprint density at radius 3 is 2.63 bits per heavy atom. The van der Waals surface area contributed by atoms with E-state index in [0.29, 0.717) is 18.7 Å². The van der Waals surface area contributed by atoms with Crippen molar-refractivity contribution < 1.29 is 9.59 Å². The quantitative estimate of drug-likeness (QED) is 0.765. The number of halogens is 2. The summed E-state index contributed by atoms with van der Waals surface area (Å²) in [5.41, 5.74) is 0.878. The molecule has 1 unspecified atom stereocenters. The number of hydrogen-bond acceptors (Lipinski definition) is 3. The Hall–Kier alpha value is -0.330. The van der Waals surface area contributed by atoms with Crippen molar-refractivity contribution in [2.75, 3.05) is 17.2 Å². The van der Waals surface area contributed by atoms with Crippen LogP contribution in [0.5, 0.6) is 0 Å². The lowest BCUT2D eigenvalue weighted by atomic mass is 10.1. The van der Waals surface area contributed by atoms with Gasteiger partial charge in [-0.15, -0.1) is 0 Å². The van der Waals surface area contributed by atoms with Crippen LogP contribution in [-0.2, 0) is 9.59 Å². The van der Waals surface area contributed by atoms with Crippen LogP contribution in [-0.4, -0.2) is 23.3 Å². The van der Waals surface area contributed by atoms with Crippen LogP contribution in [0.3, 0.4) is 0 Å². The molecule has 2 rings (SSSR count). The Balaban J connectivity index is 2.14. The molecule has 102 valence electrons. The Labute approximate surface area is 133 Å². The smallest absolute Gasteiger partial charge is 0.227 e. The summed E-state index contributed by atoms with van der Waals surface area (Å²) in [6.45, 7) is 2.23. The van der Waals surface area contributed by atoms with Gasteiger partial charge in [-0.3, -0.25) is 9.59 Å². The van der Waals surface area contributed by atoms with Crippen molar-refractivity contribution in [1.82, 2.24) is 0 Å². The molecule has 1 aliphatic heterocycles. The second-order valence-electron chi connectivity index (χ2n) is 4.45. The SMILES string of the molecule is CC(=O)SCC1CC(=O)N(c2c(Br)cccc2Br)C1. The maximum atomic E-state index is 12.1. The highest BCUT2D eigenvalue weighted by atomic mass is 79.9. The van der Waals surface area contributed by atoms with E-state index in [2.05, 4.69) is 31.9 Å². The van der Waals surface area contributed by atoms with Crippen molar-refractivity contribution in [1.29, 1.82) is 0 Å². The van der Waals surface area contributed by atoms with E-state index in [4.69, 9.17) is 0 Å². The van der Waals surface area contributed by atoms with Crippen molar-refractivity contribution in [3.05, 3.63) is 27.1 Å². The van der Waals surface area contributed by atoms with Gasteiger partial charge in [0.05, 0.1) is 5.69 Å². The summed E-state index contributed by atoms with van der Waals surface area (Å²) in [6, 6.07) is 5.76. The lowest BCUT2D eigenvalue weighted by Gasteiger charge is -2.19. The molecule has 19 heavy (non-hydrogen) atoms. The molecule has 1 aromatic carbocycles. The molecule has 6 heteroatoms. The Morgan fingerprint density at radius 2 is 2.05 bits per heavy atom. The summed E-state index contributed by atoms with van der Waals surface area (Å²) < 4.78 is 1.80. The first-order chi connectivity index (χ1) is 8.99. The number of benzene rings is 1. The van der Waals surface area contributed by atoms with E-state index in [1.54, 1.807) is 11.8 Å². The minimum absolute atomic E-state index is 0.105. The van der Waals surface area contributed by atoms with Crippen LogP contribution in [0.4, 0.5) is 5.69 Å². The van der Waals surface area contributed by atoms with Gasteiger partial charge in [0.15, 0.2) is 5.12 Å². The van der Waals surface area contributed by atoms with Crippen molar-refractivity contribution >= 4 is 60.3 Å². The highest BCUT2D eigenvalue weighted by molar-refractivity contribution is 9.11. The fourth-order valence-electron chi connectivity index (χ4n) is 2.09. The first-order valence-corrected chi connectivity index (χ1v) is 8.44. The van der Waals surface area contributed by atoms with E-state index in [9.17, 15) is 9.59 Å². The fraction of sp³-hybridized carbons (Fsp3) is 0.385. The van der Waals surface area contributed by atoms with Crippen molar-refractivity contribution in [3.63, 3.8) is 0 Å². The zero-order chi connectivity index (χ0) is 14.0. The monoisotopic (exact) mass is 405 g/mol. The standard InChI is InChI=1S/C13H13Br2NO2S/c1-8(17)19-7-9-5-12(18)16(6-9)13-10(14)3-2-4-11(13)15/h2-4,9H,5-7H2,1H3. The predicted octanol–water partition coefficient (Wildman–Crippen LogP) is 3.84. The maximum absolute atomic E-state index is 12.1. The lowest BCUT2D eigenvalue weighted by molar-refractivity contribution is -0.117. The van der Waals surface area contributed by atoms with Crippen molar-refractivity contribution in [2.24, 2.45) is 5.92 Å². The van der Waals surface area contributed by atoms with E-state index in [0.717, 1.165) is 14.6 Å². The number of para-hydroxylation sites is 1. The van der Waals surface area contributed by atoms with Crippen LogP contribution in [0.15, 0.2) is 27.1 Å². The molecule has 0 spiro atoms. The molecular formula is C13H13Br2NO2S. The van der Waals surface area contributed by atoms with E-state index in [1.165, 1.54) is 11.8 Å². The minimum atomic E-state index is 0.105. The number of anilines is 1. The third kappa shape index (κ3) is 3.61. The molecule has 0 aromatic heterocycles. The van der Waals surface area contributed by atoms with Crippen LogP contribution < -0.4 is 4.90 Å². The number of hydrogen-bond donors (Lipinski definition) is 0. The summed E-state index contributed by atoms with van der Waals surface area (Å²) in [5.74, 6) is 1.06. The van der Waals surface area contributed by atoms with Gasteiger partial charge in [-0.2, -0.15) is 0 Å². The van der Waals surface area contributed by atoms with Crippen LogP contribution >= 0.6 is 43.6 Å². The Morgan fingerprint density at radius 1 is 1.42 bits per heavy atom. The summed E-state index contributed by atoms with van der Waals surface area (Å²) in [4.78, 5) is 24.9. The molecular weight excluding hydrogens is 394 g/mol. The molecule has 0 radical (unpaired) electrons. The highest BCUT2D eigenvalue weighted by Crippen LogP contribution is 2.37. The first-order valence-electron chi connectivity index (χ1n) is 5.86. The maximum Gasteiger partial charge on any atom is 0.227 e. The average Bonchev–Trinajstić information content (AvgIpc) is 2.68. The van der Waals surface area contributed by atoms with Gasteiger partial charge in [0, 0.05) is 34.6 Å². The molecule has 0 saturated carbocycles. The van der Waals surface area contributed by atoms with Gasteiger partial charge in [0.2, 0.25) is 5.91 Å². The van der Waals surface area contributed by atoms with Gasteiger partial charge in [-0.05, 0) is 49.9 Å². The van der Waals surface area contributed by atoms with Crippen molar-refractivity contribution in [3.8, 4) is 0 Å². The number of rotatable bonds is 3. The minimum Gasteiger partial charge on any atom is -0.310 e. The van der Waals surface area contributed by atoms with E-state index in [1.807, 2.05) is 18.2 Å². The highest BCUT2D eigenvalue weighted by Gasteiger charge is 2.32. The van der Waals surface area contributed by atoms with Gasteiger partial charge in [-0.1, -0.05) is 17.8 Å². The topological polar surface area (TPSA) is 37.4 Å². The van der Waals surface area contributed by atoms with Crippen LogP contribution in [0, 0.1) is 5.92 Å². The second-order valence-corrected chi connectivity index (χ2v) is 7.35. The van der Waals surface area contributed by atoms with E-state index < -0.39 is 0 Å². The average molecular weight is 407 g/mol. The molecule has 0 bridgehead atoms. The van der Waals surface area contributed by atoms with Gasteiger partial charge < -0.3 is 4.90 Å². The normalized spacial score (nSPS) is 19.0. The van der Waals surface area contributed by atoms with E-state index in [-0.39, 0.29) is 16.9 Å². The van der Waals surface area contributed by atoms with E-state index >= 15 is 0 Å². The third-order valence-electron chi connectivity index (χ3n) is 2.93. The summed E-state index contributed by atoms with van der Waals surface area (Å²) >= 11 is 8.26. The Bertz CT molecular complexity index is 501. The van der Waals surface area contributed by atoms with Crippen LogP contribution in [0.2, 0.25) is 0 Å². The number of carbonyl (C=O) groups is 2. The van der Waals surface area contributed by atoms with Gasteiger partial charge >= 0.3 is 0 Å². The number of thioether (sulfide) groups is 1. The second kappa shape index (κ2) is 6.41. The molecule has 1 fully saturated rings. The van der Waals surface area contributed by atoms with Gasteiger partial charge in [0.1, 0.15) is 0 Å². The zero-order valence-electron chi connectivity index (χ0n) is 10.4. The molecule has 1 saturated heterocycles. The molecule has 0 N–H and O–H groups in total. The fourth-order valence-corrected chi connectivity index (χ4v) is 4.21. The van der Waals surface area contributed by atoms with Gasteiger partial charge in [0.25, 0.3) is 0 Å². The van der Waals surface area contributed by atoms with Crippen LogP contribution in [0.25, 0.3) is 0 Å². The number of amides is 1. The third-order valence-corrected chi connectivity index (χ3v) is 5.26. The lowest BCUT2D eigenvalue weighted by Crippen LogP contribution is -2.25. The first kappa shape index (κ1) is 15.1. The molecule has 1 atom stereocenters. The number of carbonyl (C=O) groups excluding carboxylic acids is 2. The molecule has 1 aromatic rings. The summed E-state index contributed by atoms with van der Waals surface area (Å²) in [5, 5.41) is 0.105. The predicted molar refractivity (Wildman–Crippen MR) is 85.4 cm³/mol. The Kier molecular flexibility index (Phi) is 5.09. The molecule has 0 aliphatic carbocycles. The largest absolute Gasteiger partial charge is 0.310 e. The summed E-state index contributed by atoms with van der Waals surface area (Å²) in [7, 11) is 0. The molecule has 1 heterocycles. The van der Waals surface area contributed by atoms with Crippen LogP contribution in [0.1, 0.15) is 13.3 Å². The zero-order valence-corrected chi connectivity index (χ0v) is 14.3. The summed E-state index contributed by atoms with van der Waals surface area (Å²) in [6.07, 6.45) is 0.508. The molecule has 3 nitrogen and oxygen atoms in total. The van der Waals surface area contributed by atoms with Crippen molar-refractivity contribution in [2.45, 2.75) is 13.3 Å². The van der Waals surface area contributed by atoms with Gasteiger partial charge in [-0.25, -0.2) is 0 Å². The molecule has 1 aliphatic rings. The number of nitrogens with zero attached hydrogens (tertiary/aromatic N) is 1.